The van der Waals surface area contributed by atoms with Crippen molar-refractivity contribution in [2.75, 3.05) is 4.90 Å². The number of amides is 2. The fourth-order valence-electron chi connectivity index (χ4n) is 4.68. The normalized spacial score (nSPS) is 28.1. The molecule has 2 unspecified atom stereocenters. The molecular weight excluding hydrogens is 404 g/mol. The average molecular weight is 422 g/mol. The molecule has 0 bridgehead atoms. The first kappa shape index (κ1) is 18.7. The fourth-order valence-corrected chi connectivity index (χ4v) is 5.42. The standard InChI is InChI=1S/C21H18N4O4S/c26-18-15-16(19(27)25(18)14-7-4-8-30-14)21(20(28)29,9-13-10-22-11-23-13)24-17(15)12-5-2-1-3-6-12/h1-8,10-11,15-17,24H,9H2,(H,22,23)(H,28,29)/t15-,16-,17?,21?/m1/s1. The Bertz CT molecular complexity index is 1100. The van der Waals surface area contributed by atoms with Gasteiger partial charge in [-0.05, 0) is 23.1 Å². The Kier molecular flexibility index (Phi) is 4.30. The first-order valence-electron chi connectivity index (χ1n) is 9.47. The molecule has 0 radical (unpaired) electrons. The highest BCUT2D eigenvalue weighted by atomic mass is 32.1. The zero-order valence-electron chi connectivity index (χ0n) is 15.7. The van der Waals surface area contributed by atoms with E-state index >= 15 is 0 Å². The highest BCUT2D eigenvalue weighted by Crippen LogP contribution is 2.51. The van der Waals surface area contributed by atoms with Gasteiger partial charge in [0.05, 0.1) is 18.2 Å². The highest BCUT2D eigenvalue weighted by Gasteiger charge is 2.68. The third-order valence-corrected chi connectivity index (χ3v) is 6.80. The summed E-state index contributed by atoms with van der Waals surface area (Å²) in [4.78, 5) is 47.6. The number of carbonyl (C=O) groups excluding carboxylic acids is 2. The third kappa shape index (κ3) is 2.62. The summed E-state index contributed by atoms with van der Waals surface area (Å²) >= 11 is 1.28. The summed E-state index contributed by atoms with van der Waals surface area (Å²) in [6.45, 7) is 0. The third-order valence-electron chi connectivity index (χ3n) is 5.95. The van der Waals surface area contributed by atoms with Gasteiger partial charge < -0.3 is 10.1 Å². The Hall–Kier alpha value is -3.30. The van der Waals surface area contributed by atoms with E-state index in [9.17, 15) is 19.5 Å². The van der Waals surface area contributed by atoms with E-state index in [1.165, 1.54) is 23.9 Å². The van der Waals surface area contributed by atoms with E-state index in [1.807, 2.05) is 30.3 Å². The van der Waals surface area contributed by atoms with Crippen molar-refractivity contribution in [3.8, 4) is 0 Å². The van der Waals surface area contributed by atoms with Gasteiger partial charge in [0, 0.05) is 24.4 Å². The van der Waals surface area contributed by atoms with E-state index in [4.69, 9.17) is 0 Å². The number of rotatable bonds is 5. The Morgan fingerprint density at radius 3 is 2.60 bits per heavy atom. The minimum Gasteiger partial charge on any atom is -0.480 e. The molecule has 5 rings (SSSR count). The molecule has 30 heavy (non-hydrogen) atoms. The Morgan fingerprint density at radius 2 is 1.97 bits per heavy atom. The van der Waals surface area contributed by atoms with Crippen LogP contribution in [0.15, 0.2) is 60.4 Å². The molecule has 4 heterocycles. The van der Waals surface area contributed by atoms with Gasteiger partial charge in [-0.1, -0.05) is 30.3 Å². The van der Waals surface area contributed by atoms with Crippen LogP contribution in [0.1, 0.15) is 17.3 Å². The highest BCUT2D eigenvalue weighted by molar-refractivity contribution is 7.14. The molecule has 1 aromatic carbocycles. The quantitative estimate of drug-likeness (QED) is 0.542. The molecule has 8 nitrogen and oxygen atoms in total. The van der Waals surface area contributed by atoms with Crippen LogP contribution in [0.3, 0.4) is 0 Å². The molecule has 0 aliphatic carbocycles. The molecule has 2 saturated heterocycles. The number of H-pyrrole nitrogens is 1. The predicted octanol–water partition coefficient (Wildman–Crippen LogP) is 1.99. The minimum absolute atomic E-state index is 0.00410. The van der Waals surface area contributed by atoms with E-state index in [0.717, 1.165) is 10.5 Å². The number of fused-ring (bicyclic) bond motifs is 1. The van der Waals surface area contributed by atoms with Gasteiger partial charge in [0.2, 0.25) is 11.8 Å². The molecular formula is C21H18N4O4S. The van der Waals surface area contributed by atoms with Crippen molar-refractivity contribution in [1.29, 1.82) is 0 Å². The van der Waals surface area contributed by atoms with Crippen LogP contribution in [-0.4, -0.2) is 38.4 Å². The van der Waals surface area contributed by atoms with E-state index in [0.29, 0.717) is 10.7 Å². The molecule has 152 valence electrons. The molecule has 3 N–H and O–H groups in total. The van der Waals surface area contributed by atoms with Gasteiger partial charge in [0.15, 0.2) is 0 Å². The minimum atomic E-state index is -1.64. The molecule has 2 aromatic heterocycles. The lowest BCUT2D eigenvalue weighted by molar-refractivity contribution is -0.148. The Balaban J connectivity index is 1.66. The Morgan fingerprint density at radius 1 is 1.17 bits per heavy atom. The van der Waals surface area contributed by atoms with Crippen molar-refractivity contribution < 1.29 is 19.5 Å². The number of hydrogen-bond acceptors (Lipinski definition) is 6. The number of aliphatic carboxylic acids is 1. The van der Waals surface area contributed by atoms with Crippen molar-refractivity contribution in [2.24, 2.45) is 11.8 Å². The SMILES string of the molecule is O=C1[C@H]2C(c3ccccc3)NC(Cc3cnc[nH]3)(C(=O)O)[C@H]2C(=O)N1c1cccs1. The molecule has 0 saturated carbocycles. The molecule has 4 atom stereocenters. The summed E-state index contributed by atoms with van der Waals surface area (Å²) < 4.78 is 0. The number of thiophene rings is 1. The first-order valence-corrected chi connectivity index (χ1v) is 10.4. The molecule has 2 aliphatic heterocycles. The van der Waals surface area contributed by atoms with Gasteiger partial charge in [-0.3, -0.25) is 19.7 Å². The molecule has 2 amide bonds. The number of nitrogens with one attached hydrogen (secondary N) is 2. The van der Waals surface area contributed by atoms with Crippen LogP contribution in [-0.2, 0) is 20.8 Å². The number of carboxylic acid groups (broad SMARTS) is 1. The fraction of sp³-hybridized carbons (Fsp3) is 0.238. The monoisotopic (exact) mass is 422 g/mol. The van der Waals surface area contributed by atoms with Crippen LogP contribution < -0.4 is 10.2 Å². The maximum atomic E-state index is 13.5. The van der Waals surface area contributed by atoms with Gasteiger partial charge in [0.1, 0.15) is 10.5 Å². The summed E-state index contributed by atoms with van der Waals surface area (Å²) in [5.41, 5.74) is -0.294. The van der Waals surface area contributed by atoms with Crippen molar-refractivity contribution in [1.82, 2.24) is 15.3 Å². The number of imide groups is 1. The van der Waals surface area contributed by atoms with Crippen LogP contribution in [0.4, 0.5) is 5.00 Å². The number of anilines is 1. The lowest BCUT2D eigenvalue weighted by atomic mass is 9.77. The summed E-state index contributed by atoms with van der Waals surface area (Å²) in [5.74, 6) is -3.89. The van der Waals surface area contributed by atoms with Crippen LogP contribution >= 0.6 is 11.3 Å². The number of aromatic amines is 1. The van der Waals surface area contributed by atoms with E-state index in [2.05, 4.69) is 15.3 Å². The van der Waals surface area contributed by atoms with Crippen molar-refractivity contribution in [3.05, 3.63) is 71.6 Å². The van der Waals surface area contributed by atoms with Crippen molar-refractivity contribution in [3.63, 3.8) is 0 Å². The van der Waals surface area contributed by atoms with Gasteiger partial charge in [0.25, 0.3) is 0 Å². The van der Waals surface area contributed by atoms with Gasteiger partial charge in [-0.15, -0.1) is 11.3 Å². The van der Waals surface area contributed by atoms with E-state index in [1.54, 1.807) is 17.5 Å². The summed E-state index contributed by atoms with van der Waals surface area (Å²) in [6.07, 6.45) is 3.01. The topological polar surface area (TPSA) is 115 Å². The summed E-state index contributed by atoms with van der Waals surface area (Å²) in [6, 6.07) is 12.1. The smallest absolute Gasteiger partial charge is 0.325 e. The number of carboxylic acids is 1. The van der Waals surface area contributed by atoms with E-state index in [-0.39, 0.29) is 12.3 Å². The number of benzene rings is 1. The number of carbonyl (C=O) groups is 3. The van der Waals surface area contributed by atoms with Crippen LogP contribution in [0.2, 0.25) is 0 Å². The zero-order valence-corrected chi connectivity index (χ0v) is 16.5. The average Bonchev–Trinajstić information content (AvgIpc) is 3.51. The zero-order chi connectivity index (χ0) is 20.9. The summed E-state index contributed by atoms with van der Waals surface area (Å²) in [7, 11) is 0. The number of hydrogen-bond donors (Lipinski definition) is 3. The lowest BCUT2D eigenvalue weighted by Gasteiger charge is -2.30. The predicted molar refractivity (Wildman–Crippen MR) is 109 cm³/mol. The molecule has 0 spiro atoms. The molecule has 2 fully saturated rings. The van der Waals surface area contributed by atoms with Crippen LogP contribution in [0, 0.1) is 11.8 Å². The summed E-state index contributed by atoms with van der Waals surface area (Å²) in [5, 5.41) is 15.8. The van der Waals surface area contributed by atoms with Gasteiger partial charge in [-0.2, -0.15) is 0 Å². The Labute approximate surface area is 175 Å². The molecule has 9 heteroatoms. The lowest BCUT2D eigenvalue weighted by Crippen LogP contribution is -2.57. The van der Waals surface area contributed by atoms with Crippen molar-refractivity contribution in [2.45, 2.75) is 18.0 Å². The maximum absolute atomic E-state index is 13.5. The molecule has 2 aliphatic rings. The number of imidazole rings is 1. The van der Waals surface area contributed by atoms with Gasteiger partial charge in [-0.25, -0.2) is 9.88 Å². The van der Waals surface area contributed by atoms with Crippen LogP contribution in [0.25, 0.3) is 0 Å². The van der Waals surface area contributed by atoms with Crippen molar-refractivity contribution >= 4 is 34.1 Å². The van der Waals surface area contributed by atoms with Gasteiger partial charge >= 0.3 is 5.97 Å². The maximum Gasteiger partial charge on any atom is 0.325 e. The second kappa shape index (κ2) is 6.89. The second-order valence-corrected chi connectivity index (χ2v) is 8.46. The molecule has 3 aromatic rings. The first-order chi connectivity index (χ1) is 14.5. The number of nitrogens with zero attached hydrogens (tertiary/aromatic N) is 2. The largest absolute Gasteiger partial charge is 0.480 e. The van der Waals surface area contributed by atoms with Crippen LogP contribution in [0.5, 0.6) is 0 Å². The van der Waals surface area contributed by atoms with E-state index < -0.39 is 35.3 Å². The number of aromatic nitrogens is 2. The second-order valence-electron chi connectivity index (χ2n) is 7.53.